The monoisotopic (exact) mass is 355 g/mol. The Labute approximate surface area is 148 Å². The number of rotatable bonds is 3. The number of benzene rings is 2. The lowest BCUT2D eigenvalue weighted by Crippen LogP contribution is -2.25. The highest BCUT2D eigenvalue weighted by Gasteiger charge is 2.36. The molecule has 0 aliphatic carbocycles. The minimum Gasteiger partial charge on any atom is -0.339 e. The first kappa shape index (κ1) is 16.4. The molecule has 132 valence electrons. The van der Waals surface area contributed by atoms with Crippen LogP contribution in [0.2, 0.25) is 0 Å². The summed E-state index contributed by atoms with van der Waals surface area (Å²) in [6.07, 6.45) is 0.209. The van der Waals surface area contributed by atoms with Crippen LogP contribution in [0.1, 0.15) is 23.8 Å². The number of aromatic nitrogens is 2. The summed E-state index contributed by atoms with van der Waals surface area (Å²) >= 11 is 0. The first-order valence-electron chi connectivity index (χ1n) is 8.18. The summed E-state index contributed by atoms with van der Waals surface area (Å²) in [6, 6.07) is 10.4. The van der Waals surface area contributed by atoms with Crippen LogP contribution in [0.5, 0.6) is 0 Å². The Kier molecular flexibility index (Phi) is 3.99. The van der Waals surface area contributed by atoms with Gasteiger partial charge >= 0.3 is 0 Å². The van der Waals surface area contributed by atoms with Gasteiger partial charge in [-0.15, -0.1) is 0 Å². The molecule has 2 heterocycles. The normalized spacial score (nSPS) is 17.1. The van der Waals surface area contributed by atoms with Gasteiger partial charge in [-0.1, -0.05) is 11.2 Å². The van der Waals surface area contributed by atoms with Crippen molar-refractivity contribution in [2.24, 2.45) is 0 Å². The molecular formula is C19H15F2N3O2. The SMILES string of the molecule is Cc1c(F)cccc1N1CC(c2nc(-c3ccc(F)cc3)no2)CC1=O. The van der Waals surface area contributed by atoms with Crippen LogP contribution in [0.3, 0.4) is 0 Å². The third-order valence-corrected chi connectivity index (χ3v) is 4.55. The smallest absolute Gasteiger partial charge is 0.232 e. The molecule has 26 heavy (non-hydrogen) atoms. The zero-order chi connectivity index (χ0) is 18.3. The van der Waals surface area contributed by atoms with Crippen molar-refractivity contribution in [2.75, 3.05) is 11.4 Å². The molecular weight excluding hydrogens is 340 g/mol. The molecule has 1 aliphatic rings. The minimum atomic E-state index is -0.352. The second kappa shape index (κ2) is 6.33. The molecule has 5 nitrogen and oxygen atoms in total. The van der Waals surface area contributed by atoms with Gasteiger partial charge in [0.05, 0.1) is 5.92 Å². The van der Waals surface area contributed by atoms with Crippen molar-refractivity contribution in [3.05, 3.63) is 65.6 Å². The highest BCUT2D eigenvalue weighted by atomic mass is 19.1. The molecule has 0 radical (unpaired) electrons. The number of halogens is 2. The third-order valence-electron chi connectivity index (χ3n) is 4.55. The lowest BCUT2D eigenvalue weighted by atomic mass is 10.1. The van der Waals surface area contributed by atoms with Gasteiger partial charge < -0.3 is 9.42 Å². The van der Waals surface area contributed by atoms with Crippen molar-refractivity contribution < 1.29 is 18.1 Å². The number of carbonyl (C=O) groups is 1. The van der Waals surface area contributed by atoms with Gasteiger partial charge in [0.2, 0.25) is 17.6 Å². The second-order valence-corrected chi connectivity index (χ2v) is 6.25. The number of anilines is 1. The Morgan fingerprint density at radius 3 is 2.69 bits per heavy atom. The third kappa shape index (κ3) is 2.85. The first-order valence-corrected chi connectivity index (χ1v) is 8.18. The second-order valence-electron chi connectivity index (χ2n) is 6.25. The Morgan fingerprint density at radius 1 is 1.15 bits per heavy atom. The standard InChI is InChI=1S/C19H15F2N3O2/c1-11-15(21)3-2-4-16(11)24-10-13(9-17(24)25)19-22-18(23-26-19)12-5-7-14(20)8-6-12/h2-8,13H,9-10H2,1H3. The molecule has 1 aromatic heterocycles. The van der Waals surface area contributed by atoms with Crippen LogP contribution in [-0.2, 0) is 4.79 Å². The van der Waals surface area contributed by atoms with Crippen LogP contribution in [0.15, 0.2) is 47.0 Å². The first-order chi connectivity index (χ1) is 12.5. The van der Waals surface area contributed by atoms with Crippen LogP contribution in [0.4, 0.5) is 14.5 Å². The van der Waals surface area contributed by atoms with Crippen LogP contribution >= 0.6 is 0 Å². The fourth-order valence-corrected chi connectivity index (χ4v) is 3.11. The average molecular weight is 355 g/mol. The molecule has 1 amide bonds. The zero-order valence-corrected chi connectivity index (χ0v) is 13.9. The van der Waals surface area contributed by atoms with E-state index >= 15 is 0 Å². The molecule has 1 aliphatic heterocycles. The molecule has 2 aromatic carbocycles. The van der Waals surface area contributed by atoms with Crippen LogP contribution < -0.4 is 4.90 Å². The highest BCUT2D eigenvalue weighted by Crippen LogP contribution is 2.34. The Bertz CT molecular complexity index is 969. The van der Waals surface area contributed by atoms with Crippen molar-refractivity contribution in [3.63, 3.8) is 0 Å². The quantitative estimate of drug-likeness (QED) is 0.716. The lowest BCUT2D eigenvalue weighted by molar-refractivity contribution is -0.117. The summed E-state index contributed by atoms with van der Waals surface area (Å²) in [5.74, 6) is -0.408. The van der Waals surface area contributed by atoms with E-state index in [1.165, 1.54) is 18.2 Å². The summed E-state index contributed by atoms with van der Waals surface area (Å²) in [5.41, 5.74) is 1.61. The molecule has 0 saturated carbocycles. The number of amides is 1. The molecule has 3 aromatic rings. The molecule has 0 spiro atoms. The topological polar surface area (TPSA) is 59.2 Å². The van der Waals surface area contributed by atoms with E-state index in [0.29, 0.717) is 35.1 Å². The maximum absolute atomic E-state index is 13.8. The van der Waals surface area contributed by atoms with E-state index in [-0.39, 0.29) is 29.9 Å². The molecule has 7 heteroatoms. The fraction of sp³-hybridized carbons (Fsp3) is 0.211. The lowest BCUT2D eigenvalue weighted by Gasteiger charge is -2.18. The van der Waals surface area contributed by atoms with Crippen LogP contribution in [0, 0.1) is 18.6 Å². The molecule has 1 fully saturated rings. The van der Waals surface area contributed by atoms with E-state index in [1.54, 1.807) is 36.1 Å². The van der Waals surface area contributed by atoms with Gasteiger partial charge in [-0.2, -0.15) is 4.98 Å². The molecule has 1 saturated heterocycles. The number of hydrogen-bond donors (Lipinski definition) is 0. The highest BCUT2D eigenvalue weighted by molar-refractivity contribution is 5.97. The van der Waals surface area contributed by atoms with Crippen molar-refractivity contribution in [2.45, 2.75) is 19.3 Å². The van der Waals surface area contributed by atoms with Gasteiger partial charge in [0.15, 0.2) is 0 Å². The molecule has 0 bridgehead atoms. The van der Waals surface area contributed by atoms with Crippen LogP contribution in [0.25, 0.3) is 11.4 Å². The van der Waals surface area contributed by atoms with Gasteiger partial charge in [-0.05, 0) is 43.3 Å². The Hall–Kier alpha value is -3.09. The fourth-order valence-electron chi connectivity index (χ4n) is 3.11. The summed E-state index contributed by atoms with van der Waals surface area (Å²) in [6.45, 7) is 1.98. The number of hydrogen-bond acceptors (Lipinski definition) is 4. The van der Waals surface area contributed by atoms with Gasteiger partial charge in [0.25, 0.3) is 0 Å². The number of carbonyl (C=O) groups excluding carboxylic acids is 1. The van der Waals surface area contributed by atoms with Gasteiger partial charge in [0.1, 0.15) is 11.6 Å². The summed E-state index contributed by atoms with van der Waals surface area (Å²) < 4.78 is 32.1. The molecule has 1 atom stereocenters. The Morgan fingerprint density at radius 2 is 1.92 bits per heavy atom. The predicted molar refractivity (Wildman–Crippen MR) is 90.5 cm³/mol. The number of nitrogens with zero attached hydrogens (tertiary/aromatic N) is 3. The van der Waals surface area contributed by atoms with Gasteiger partial charge in [-0.25, -0.2) is 8.78 Å². The van der Waals surface area contributed by atoms with Crippen molar-refractivity contribution in [1.29, 1.82) is 0 Å². The zero-order valence-electron chi connectivity index (χ0n) is 13.9. The van der Waals surface area contributed by atoms with Crippen LogP contribution in [-0.4, -0.2) is 22.6 Å². The van der Waals surface area contributed by atoms with E-state index in [4.69, 9.17) is 4.52 Å². The summed E-state index contributed by atoms with van der Waals surface area (Å²) in [5, 5.41) is 3.92. The average Bonchev–Trinajstić information content (AvgIpc) is 3.25. The predicted octanol–water partition coefficient (Wildman–Crippen LogP) is 3.84. The van der Waals surface area contributed by atoms with E-state index in [0.717, 1.165) is 0 Å². The van der Waals surface area contributed by atoms with E-state index in [1.807, 2.05) is 0 Å². The molecule has 4 rings (SSSR count). The van der Waals surface area contributed by atoms with E-state index < -0.39 is 0 Å². The maximum atomic E-state index is 13.8. The Balaban J connectivity index is 1.58. The van der Waals surface area contributed by atoms with Gasteiger partial charge in [0, 0.05) is 29.8 Å². The van der Waals surface area contributed by atoms with E-state index in [2.05, 4.69) is 10.1 Å². The van der Waals surface area contributed by atoms with Crippen molar-refractivity contribution >= 4 is 11.6 Å². The van der Waals surface area contributed by atoms with Crippen molar-refractivity contribution in [3.8, 4) is 11.4 Å². The maximum Gasteiger partial charge on any atom is 0.232 e. The van der Waals surface area contributed by atoms with Gasteiger partial charge in [-0.3, -0.25) is 4.79 Å². The summed E-state index contributed by atoms with van der Waals surface area (Å²) in [7, 11) is 0. The molecule has 1 unspecified atom stereocenters. The summed E-state index contributed by atoms with van der Waals surface area (Å²) in [4.78, 5) is 18.3. The van der Waals surface area contributed by atoms with E-state index in [9.17, 15) is 13.6 Å². The van der Waals surface area contributed by atoms with Crippen molar-refractivity contribution in [1.82, 2.24) is 10.1 Å². The molecule has 0 N–H and O–H groups in total. The minimum absolute atomic E-state index is 0.120. The largest absolute Gasteiger partial charge is 0.339 e.